The molecule has 1 aromatic carbocycles. The maximum Gasteiger partial charge on any atom is 0.409 e. The van der Waals surface area contributed by atoms with Crippen LogP contribution in [0.4, 0.5) is 11.4 Å². The first kappa shape index (κ1) is 13.1. The summed E-state index contributed by atoms with van der Waals surface area (Å²) in [5, 5.41) is 8.78. The Labute approximate surface area is 94.5 Å². The molecular weight excluding hydrogens is 218 g/mol. The van der Waals surface area contributed by atoms with Crippen molar-refractivity contribution in [3.63, 3.8) is 0 Å². The van der Waals surface area contributed by atoms with Gasteiger partial charge in [0.2, 0.25) is 5.39 Å². The molecule has 0 saturated carbocycles. The van der Waals surface area contributed by atoms with Gasteiger partial charge in [-0.2, -0.15) is 0 Å². The zero-order chi connectivity index (χ0) is 9.84. The fraction of sp³-hybridized carbons (Fsp3) is 0.333. The minimum atomic E-state index is 0. The molecule has 0 aliphatic heterocycles. The number of nitrogens with zero attached hydrogens (tertiary/aromatic N) is 3. The van der Waals surface area contributed by atoms with Crippen molar-refractivity contribution in [3.8, 4) is 0 Å². The van der Waals surface area contributed by atoms with Gasteiger partial charge in [-0.1, -0.05) is 0 Å². The van der Waals surface area contributed by atoms with E-state index in [2.05, 4.69) is 4.98 Å². The summed E-state index contributed by atoms with van der Waals surface area (Å²) in [5.41, 5.74) is 1.53. The summed E-state index contributed by atoms with van der Waals surface area (Å²) in [4.78, 5) is 6.26. The van der Waals surface area contributed by atoms with Crippen molar-refractivity contribution >= 4 is 23.1 Å². The van der Waals surface area contributed by atoms with Crippen LogP contribution in [0, 0.1) is 5.39 Å². The lowest BCUT2D eigenvalue weighted by Gasteiger charge is -2.09. The lowest BCUT2D eigenvalue weighted by atomic mass is 10.2. The topological polar surface area (TPSA) is 31.4 Å². The Balaban J connectivity index is 0.00000169. The van der Waals surface area contributed by atoms with E-state index >= 15 is 0 Å². The van der Waals surface area contributed by atoms with Crippen molar-refractivity contribution in [1.29, 1.82) is 5.39 Å². The number of hydrogen-bond donors (Lipinski definition) is 0. The Hall–Kier alpha value is -0.920. The second kappa shape index (κ2) is 5.74. The quantitative estimate of drug-likeness (QED) is 0.527. The van der Waals surface area contributed by atoms with E-state index in [-0.39, 0.29) is 12.4 Å². The van der Waals surface area contributed by atoms with Crippen LogP contribution in [0.25, 0.3) is 4.98 Å². The van der Waals surface area contributed by atoms with Gasteiger partial charge in [-0.05, 0) is 18.4 Å². The number of halogens is 1. The van der Waals surface area contributed by atoms with E-state index in [9.17, 15) is 0 Å². The highest BCUT2D eigenvalue weighted by Crippen LogP contribution is 2.31. The third-order valence-electron chi connectivity index (χ3n) is 1.77. The van der Waals surface area contributed by atoms with Crippen molar-refractivity contribution < 1.29 is 12.4 Å². The van der Waals surface area contributed by atoms with Crippen LogP contribution in [-0.4, -0.2) is 20.4 Å². The highest BCUT2D eigenvalue weighted by molar-refractivity contribution is 7.98. The number of hydrogen-bond acceptors (Lipinski definition) is 3. The van der Waals surface area contributed by atoms with Gasteiger partial charge in [0.25, 0.3) is 0 Å². The van der Waals surface area contributed by atoms with Crippen LogP contribution in [0.1, 0.15) is 0 Å². The summed E-state index contributed by atoms with van der Waals surface area (Å²) >= 11 is 1.63. The summed E-state index contributed by atoms with van der Waals surface area (Å²) in [7, 11) is 3.84. The van der Waals surface area contributed by atoms with E-state index < -0.39 is 0 Å². The highest BCUT2D eigenvalue weighted by Gasteiger charge is 2.15. The van der Waals surface area contributed by atoms with E-state index in [0.29, 0.717) is 5.69 Å². The monoisotopic (exact) mass is 229 g/mol. The molecular formula is C9H12ClN3S. The fourth-order valence-corrected chi connectivity index (χ4v) is 1.52. The first-order valence-electron chi connectivity index (χ1n) is 3.89. The molecule has 0 bridgehead atoms. The molecule has 0 aliphatic rings. The van der Waals surface area contributed by atoms with Crippen molar-refractivity contribution in [1.82, 2.24) is 0 Å². The van der Waals surface area contributed by atoms with E-state index in [1.54, 1.807) is 11.8 Å². The summed E-state index contributed by atoms with van der Waals surface area (Å²) < 4.78 is 0. The fourth-order valence-electron chi connectivity index (χ4n) is 1.09. The maximum atomic E-state index is 8.78. The molecule has 0 aromatic heterocycles. The van der Waals surface area contributed by atoms with Crippen LogP contribution in [0.3, 0.4) is 0 Å². The number of rotatable bonds is 2. The van der Waals surface area contributed by atoms with Gasteiger partial charge in [0.05, 0.1) is 0 Å². The zero-order valence-corrected chi connectivity index (χ0v) is 9.93. The van der Waals surface area contributed by atoms with Crippen molar-refractivity contribution in [3.05, 3.63) is 23.2 Å². The SMILES string of the molecule is CSc1ccc(N(C)C)c([N+]#N)c1.[Cl-]. The minimum absolute atomic E-state index is 0. The number of benzene rings is 1. The Morgan fingerprint density at radius 2 is 2.00 bits per heavy atom. The molecule has 0 radical (unpaired) electrons. The molecule has 0 amide bonds. The van der Waals surface area contributed by atoms with Gasteiger partial charge >= 0.3 is 5.69 Å². The van der Waals surface area contributed by atoms with Crippen LogP contribution in [0.5, 0.6) is 0 Å². The lowest BCUT2D eigenvalue weighted by molar-refractivity contribution is -0.00000296. The van der Waals surface area contributed by atoms with E-state index in [0.717, 1.165) is 10.6 Å². The summed E-state index contributed by atoms with van der Waals surface area (Å²) in [6, 6.07) is 5.82. The molecule has 5 heteroatoms. The van der Waals surface area contributed by atoms with E-state index in [1.165, 1.54) is 0 Å². The van der Waals surface area contributed by atoms with Crippen LogP contribution in [0.2, 0.25) is 0 Å². The molecule has 1 rings (SSSR count). The molecule has 0 N–H and O–H groups in total. The Kier molecular flexibility index (Phi) is 5.36. The third-order valence-corrected chi connectivity index (χ3v) is 2.50. The third kappa shape index (κ3) is 2.79. The first-order chi connectivity index (χ1) is 6.19. The van der Waals surface area contributed by atoms with Gasteiger partial charge in [0.1, 0.15) is 5.69 Å². The number of diazo groups is 1. The van der Waals surface area contributed by atoms with Gasteiger partial charge in [0, 0.05) is 25.1 Å². The summed E-state index contributed by atoms with van der Waals surface area (Å²) in [6.07, 6.45) is 1.99. The average molecular weight is 230 g/mol. The molecule has 14 heavy (non-hydrogen) atoms. The Morgan fingerprint density at radius 3 is 2.43 bits per heavy atom. The van der Waals surface area contributed by atoms with Crippen LogP contribution in [0.15, 0.2) is 23.1 Å². The summed E-state index contributed by atoms with van der Waals surface area (Å²) in [6.45, 7) is 0. The van der Waals surface area contributed by atoms with Gasteiger partial charge in [-0.25, -0.2) is 0 Å². The van der Waals surface area contributed by atoms with Crippen LogP contribution >= 0.6 is 11.8 Å². The molecule has 76 valence electrons. The molecule has 0 spiro atoms. The molecule has 1 aromatic rings. The second-order valence-corrected chi connectivity index (χ2v) is 3.73. The van der Waals surface area contributed by atoms with Gasteiger partial charge in [0.15, 0.2) is 4.98 Å². The molecule has 0 unspecified atom stereocenters. The molecule has 0 saturated heterocycles. The predicted octanol–water partition coefficient (Wildman–Crippen LogP) is -0.0369. The lowest BCUT2D eigenvalue weighted by Crippen LogP contribution is -3.00. The smallest absolute Gasteiger partial charge is 0.409 e. The molecule has 0 heterocycles. The molecule has 0 fully saturated rings. The van der Waals surface area contributed by atoms with Crippen LogP contribution < -0.4 is 17.3 Å². The van der Waals surface area contributed by atoms with Gasteiger partial charge in [-0.3, -0.25) is 0 Å². The van der Waals surface area contributed by atoms with Crippen molar-refractivity contribution in [2.45, 2.75) is 4.90 Å². The predicted molar refractivity (Wildman–Crippen MR) is 57.3 cm³/mol. The van der Waals surface area contributed by atoms with E-state index in [4.69, 9.17) is 5.39 Å². The first-order valence-corrected chi connectivity index (χ1v) is 5.12. The summed E-state index contributed by atoms with van der Waals surface area (Å²) in [5.74, 6) is 0. The van der Waals surface area contributed by atoms with E-state index in [1.807, 2.05) is 43.5 Å². The Morgan fingerprint density at radius 1 is 1.36 bits per heavy atom. The molecule has 0 aliphatic carbocycles. The second-order valence-electron chi connectivity index (χ2n) is 2.85. The zero-order valence-electron chi connectivity index (χ0n) is 8.36. The van der Waals surface area contributed by atoms with Crippen molar-refractivity contribution in [2.75, 3.05) is 25.3 Å². The standard InChI is InChI=1S/C9H12N3S.ClH/c1-12(2)9-5-4-7(13-3)6-8(9)11-10;/h4-6H,1-3H3;1H/q+1;/p-1. The highest BCUT2D eigenvalue weighted by atomic mass is 35.5. The van der Waals surface area contributed by atoms with Gasteiger partial charge < -0.3 is 17.3 Å². The molecule has 0 atom stereocenters. The average Bonchev–Trinajstić information content (AvgIpc) is 2.16. The number of anilines is 1. The maximum absolute atomic E-state index is 8.78. The van der Waals surface area contributed by atoms with Crippen molar-refractivity contribution in [2.24, 2.45) is 0 Å². The Bertz CT molecular complexity index is 346. The minimum Gasteiger partial charge on any atom is -1.00 e. The molecule has 3 nitrogen and oxygen atoms in total. The van der Waals surface area contributed by atoms with Crippen LogP contribution in [-0.2, 0) is 0 Å². The largest absolute Gasteiger partial charge is 1.00 e. The number of thioether (sulfide) groups is 1. The normalized spacial score (nSPS) is 8.71. The van der Waals surface area contributed by atoms with Gasteiger partial charge in [-0.15, -0.1) is 11.8 Å².